The maximum absolute atomic E-state index is 11.1. The number of amides is 1. The van der Waals surface area contributed by atoms with Gasteiger partial charge in [0.1, 0.15) is 6.61 Å². The Morgan fingerprint density at radius 2 is 2.00 bits per heavy atom. The largest absolute Gasteiger partial charge is 0.443 e. The summed E-state index contributed by atoms with van der Waals surface area (Å²) in [6.07, 6.45) is 0.867. The summed E-state index contributed by atoms with van der Waals surface area (Å²) < 4.78 is 5.04. The lowest BCUT2D eigenvalue weighted by atomic mass is 10.1. The second-order valence-corrected chi connectivity index (χ2v) is 3.58. The van der Waals surface area contributed by atoms with Gasteiger partial charge in [0.15, 0.2) is 0 Å². The molecule has 2 rings (SSSR count). The van der Waals surface area contributed by atoms with Crippen LogP contribution in [0.1, 0.15) is 12.5 Å². The Morgan fingerprint density at radius 1 is 1.24 bits per heavy atom. The van der Waals surface area contributed by atoms with E-state index in [1.54, 1.807) is 6.92 Å². The van der Waals surface area contributed by atoms with Gasteiger partial charge in [0.2, 0.25) is 0 Å². The SMILES string of the molecule is CC=NC(=O)OCc1cccc2ccccc12. The van der Waals surface area contributed by atoms with Gasteiger partial charge in [-0.15, -0.1) is 0 Å². The highest BCUT2D eigenvalue weighted by molar-refractivity contribution is 5.86. The van der Waals surface area contributed by atoms with Gasteiger partial charge in [-0.1, -0.05) is 42.5 Å². The first kappa shape index (κ1) is 11.3. The van der Waals surface area contributed by atoms with Gasteiger partial charge in [0, 0.05) is 6.21 Å². The van der Waals surface area contributed by atoms with Gasteiger partial charge in [-0.2, -0.15) is 4.99 Å². The van der Waals surface area contributed by atoms with Gasteiger partial charge in [-0.3, -0.25) is 0 Å². The van der Waals surface area contributed by atoms with Crippen molar-refractivity contribution in [2.45, 2.75) is 13.5 Å². The number of carbonyl (C=O) groups is 1. The molecule has 17 heavy (non-hydrogen) atoms. The van der Waals surface area contributed by atoms with Crippen molar-refractivity contribution in [1.82, 2.24) is 0 Å². The maximum Gasteiger partial charge on any atom is 0.433 e. The fourth-order valence-electron chi connectivity index (χ4n) is 1.70. The van der Waals surface area contributed by atoms with Crippen LogP contribution in [0.25, 0.3) is 10.8 Å². The third kappa shape index (κ3) is 2.69. The maximum atomic E-state index is 11.1. The second kappa shape index (κ2) is 5.25. The molecule has 0 heterocycles. The van der Waals surface area contributed by atoms with Crippen LogP contribution in [-0.2, 0) is 11.3 Å². The highest BCUT2D eigenvalue weighted by Gasteiger charge is 2.03. The van der Waals surface area contributed by atoms with Crippen molar-refractivity contribution in [3.05, 3.63) is 48.0 Å². The molecule has 0 aliphatic rings. The number of rotatable bonds is 2. The van der Waals surface area contributed by atoms with E-state index in [1.807, 2.05) is 42.5 Å². The summed E-state index contributed by atoms with van der Waals surface area (Å²) in [6.45, 7) is 1.93. The Kier molecular flexibility index (Phi) is 3.50. The summed E-state index contributed by atoms with van der Waals surface area (Å²) in [5.41, 5.74) is 0.989. The van der Waals surface area contributed by atoms with Gasteiger partial charge in [0.05, 0.1) is 0 Å². The quantitative estimate of drug-likeness (QED) is 0.736. The Labute approximate surface area is 99.7 Å². The van der Waals surface area contributed by atoms with Crippen LogP contribution in [0, 0.1) is 0 Å². The molecule has 3 heteroatoms. The highest BCUT2D eigenvalue weighted by atomic mass is 16.5. The molecule has 2 aromatic carbocycles. The average molecular weight is 227 g/mol. The van der Waals surface area contributed by atoms with E-state index in [9.17, 15) is 4.79 Å². The first-order valence-corrected chi connectivity index (χ1v) is 5.43. The molecule has 0 aromatic heterocycles. The molecule has 1 amide bonds. The number of hydrogen-bond acceptors (Lipinski definition) is 2. The summed E-state index contributed by atoms with van der Waals surface area (Å²) in [5, 5.41) is 2.24. The molecule has 0 radical (unpaired) electrons. The molecule has 0 unspecified atom stereocenters. The van der Waals surface area contributed by atoms with Crippen LogP contribution in [0.4, 0.5) is 4.79 Å². The molecule has 0 fully saturated rings. The fourth-order valence-corrected chi connectivity index (χ4v) is 1.70. The number of fused-ring (bicyclic) bond motifs is 1. The number of ether oxygens (including phenoxy) is 1. The van der Waals surface area contributed by atoms with Crippen molar-refractivity contribution in [2.75, 3.05) is 0 Å². The number of aliphatic imine (C=N–C) groups is 1. The van der Waals surface area contributed by atoms with Crippen molar-refractivity contribution in [3.63, 3.8) is 0 Å². The summed E-state index contributed by atoms with van der Waals surface area (Å²) >= 11 is 0. The van der Waals surface area contributed by atoms with E-state index >= 15 is 0 Å². The molecule has 0 bridgehead atoms. The molecule has 0 saturated carbocycles. The number of nitrogens with zero attached hydrogens (tertiary/aromatic N) is 1. The predicted molar refractivity (Wildman–Crippen MR) is 68.3 cm³/mol. The third-order valence-corrected chi connectivity index (χ3v) is 2.47. The van der Waals surface area contributed by atoms with Crippen LogP contribution in [0.5, 0.6) is 0 Å². The number of carbonyl (C=O) groups excluding carboxylic acids is 1. The van der Waals surface area contributed by atoms with E-state index in [1.165, 1.54) is 6.21 Å². The van der Waals surface area contributed by atoms with E-state index < -0.39 is 6.09 Å². The standard InChI is InChI=1S/C14H13NO2/c1-2-15-14(16)17-10-12-8-5-7-11-6-3-4-9-13(11)12/h2-9H,10H2,1H3. The summed E-state index contributed by atoms with van der Waals surface area (Å²) in [5.74, 6) is 0. The molecule has 3 nitrogen and oxygen atoms in total. The molecule has 0 aliphatic heterocycles. The fraction of sp³-hybridized carbons (Fsp3) is 0.143. The first-order valence-electron chi connectivity index (χ1n) is 5.43. The molecular formula is C14H13NO2. The van der Waals surface area contributed by atoms with Crippen LogP contribution in [0.15, 0.2) is 47.5 Å². The molecule has 0 spiro atoms. The molecule has 0 atom stereocenters. The predicted octanol–water partition coefficient (Wildman–Crippen LogP) is 3.57. The summed E-state index contributed by atoms with van der Waals surface area (Å²) in [7, 11) is 0. The molecule has 0 saturated heterocycles. The zero-order valence-electron chi connectivity index (χ0n) is 9.59. The molecule has 2 aromatic rings. The molecule has 0 N–H and O–H groups in total. The Hall–Kier alpha value is -2.16. The van der Waals surface area contributed by atoms with Crippen LogP contribution >= 0.6 is 0 Å². The topological polar surface area (TPSA) is 38.7 Å². The van der Waals surface area contributed by atoms with Crippen molar-refractivity contribution in [2.24, 2.45) is 4.99 Å². The minimum Gasteiger partial charge on any atom is -0.443 e. The highest BCUT2D eigenvalue weighted by Crippen LogP contribution is 2.19. The van der Waals surface area contributed by atoms with E-state index in [0.717, 1.165) is 16.3 Å². The van der Waals surface area contributed by atoms with E-state index in [2.05, 4.69) is 4.99 Å². The zero-order valence-corrected chi connectivity index (χ0v) is 9.59. The van der Waals surface area contributed by atoms with Gasteiger partial charge >= 0.3 is 6.09 Å². The third-order valence-electron chi connectivity index (χ3n) is 2.47. The molecular weight excluding hydrogens is 214 g/mol. The lowest BCUT2D eigenvalue weighted by molar-refractivity contribution is 0.151. The smallest absolute Gasteiger partial charge is 0.433 e. The minimum absolute atomic E-state index is 0.248. The number of benzene rings is 2. The van der Waals surface area contributed by atoms with Gasteiger partial charge in [0.25, 0.3) is 0 Å². The molecule has 0 aliphatic carbocycles. The lowest BCUT2D eigenvalue weighted by Crippen LogP contribution is -1.99. The van der Waals surface area contributed by atoms with E-state index in [-0.39, 0.29) is 6.61 Å². The zero-order chi connectivity index (χ0) is 12.1. The average Bonchev–Trinajstić information content (AvgIpc) is 2.36. The normalized spacial score (nSPS) is 10.9. The lowest BCUT2D eigenvalue weighted by Gasteiger charge is -2.05. The summed E-state index contributed by atoms with van der Waals surface area (Å²) in [6, 6.07) is 13.9. The summed E-state index contributed by atoms with van der Waals surface area (Å²) in [4.78, 5) is 14.7. The Balaban J connectivity index is 2.21. The van der Waals surface area contributed by atoms with Crippen LogP contribution < -0.4 is 0 Å². The van der Waals surface area contributed by atoms with Crippen molar-refractivity contribution >= 4 is 23.1 Å². The Morgan fingerprint density at radius 3 is 2.82 bits per heavy atom. The first-order chi connectivity index (χ1) is 8.31. The minimum atomic E-state index is -0.555. The second-order valence-electron chi connectivity index (χ2n) is 3.58. The monoisotopic (exact) mass is 227 g/mol. The van der Waals surface area contributed by atoms with Gasteiger partial charge < -0.3 is 4.74 Å². The van der Waals surface area contributed by atoms with E-state index in [0.29, 0.717) is 0 Å². The number of hydrogen-bond donors (Lipinski definition) is 0. The van der Waals surface area contributed by atoms with Gasteiger partial charge in [-0.05, 0) is 23.3 Å². The van der Waals surface area contributed by atoms with E-state index in [4.69, 9.17) is 4.74 Å². The van der Waals surface area contributed by atoms with Crippen LogP contribution in [0.2, 0.25) is 0 Å². The Bertz CT molecular complexity index is 556. The van der Waals surface area contributed by atoms with Crippen molar-refractivity contribution in [1.29, 1.82) is 0 Å². The van der Waals surface area contributed by atoms with Crippen molar-refractivity contribution in [3.8, 4) is 0 Å². The van der Waals surface area contributed by atoms with Gasteiger partial charge in [-0.25, -0.2) is 4.79 Å². The van der Waals surface area contributed by atoms with Crippen molar-refractivity contribution < 1.29 is 9.53 Å². The molecule has 86 valence electrons. The van der Waals surface area contributed by atoms with Crippen LogP contribution in [-0.4, -0.2) is 12.3 Å². The van der Waals surface area contributed by atoms with Crippen LogP contribution in [0.3, 0.4) is 0 Å².